The Morgan fingerprint density at radius 1 is 1.78 bits per heavy atom. The quantitative estimate of drug-likeness (QED) is 0.500. The van der Waals surface area contributed by atoms with Crippen LogP contribution in [0.3, 0.4) is 0 Å². The molecule has 0 unspecified atom stereocenters. The Kier molecular flexibility index (Phi) is 2.10. The number of rotatable bonds is 1. The highest BCUT2D eigenvalue weighted by Gasteiger charge is 2.20. The van der Waals surface area contributed by atoms with E-state index in [0.717, 1.165) is 16.7 Å². The third kappa shape index (κ3) is 1.44. The van der Waals surface area contributed by atoms with E-state index in [2.05, 4.69) is 29.2 Å². The third-order valence-corrected chi connectivity index (χ3v) is 1.95. The topological polar surface area (TPSA) is 20.3 Å². The van der Waals surface area contributed by atoms with Gasteiger partial charge in [-0.3, -0.25) is 4.79 Å². The lowest BCUT2D eigenvalue weighted by molar-refractivity contribution is -0.125. The molecular weight excluding hydrogens is 229 g/mol. The molecule has 1 amide bonds. The van der Waals surface area contributed by atoms with Gasteiger partial charge in [-0.1, -0.05) is 6.58 Å². The largest absolute Gasteiger partial charge is 0.308 e. The van der Waals surface area contributed by atoms with E-state index in [9.17, 15) is 4.79 Å². The van der Waals surface area contributed by atoms with Crippen LogP contribution >= 0.6 is 22.6 Å². The maximum Gasteiger partial charge on any atom is 0.227 e. The van der Waals surface area contributed by atoms with Gasteiger partial charge in [0.25, 0.3) is 0 Å². The molecule has 0 aromatic rings. The maximum absolute atomic E-state index is 10.9. The Labute approximate surface area is 68.1 Å². The number of halogens is 1. The van der Waals surface area contributed by atoms with Crippen LogP contribution in [0.4, 0.5) is 0 Å². The van der Waals surface area contributed by atoms with Crippen molar-refractivity contribution in [3.8, 4) is 0 Å². The van der Waals surface area contributed by atoms with Crippen molar-refractivity contribution >= 4 is 28.5 Å². The minimum Gasteiger partial charge on any atom is -0.308 e. The van der Waals surface area contributed by atoms with Gasteiger partial charge in [-0.2, -0.15) is 0 Å². The molecule has 1 saturated heterocycles. The van der Waals surface area contributed by atoms with Gasteiger partial charge in [-0.05, 0) is 29.0 Å². The fourth-order valence-corrected chi connectivity index (χ4v) is 1.41. The van der Waals surface area contributed by atoms with Crippen molar-refractivity contribution < 1.29 is 4.79 Å². The SMILES string of the molecule is C=C(I)N1CCCC1=O. The monoisotopic (exact) mass is 237 g/mol. The van der Waals surface area contributed by atoms with Gasteiger partial charge in [-0.25, -0.2) is 0 Å². The molecule has 1 heterocycles. The van der Waals surface area contributed by atoms with Gasteiger partial charge >= 0.3 is 0 Å². The molecule has 1 aliphatic rings. The first-order chi connectivity index (χ1) is 4.22. The van der Waals surface area contributed by atoms with Crippen molar-refractivity contribution in [3.05, 3.63) is 10.3 Å². The average molecular weight is 237 g/mol. The molecule has 50 valence electrons. The molecule has 0 atom stereocenters. The highest BCUT2D eigenvalue weighted by molar-refractivity contribution is 14.1. The van der Waals surface area contributed by atoms with E-state index in [-0.39, 0.29) is 5.91 Å². The number of amides is 1. The minimum atomic E-state index is 0.217. The van der Waals surface area contributed by atoms with E-state index in [0.29, 0.717) is 6.42 Å². The molecule has 2 nitrogen and oxygen atoms in total. The summed E-state index contributed by atoms with van der Waals surface area (Å²) >= 11 is 2.07. The number of likely N-dealkylation sites (tertiary alicyclic amines) is 1. The molecule has 0 saturated carbocycles. The molecule has 9 heavy (non-hydrogen) atoms. The van der Waals surface area contributed by atoms with Crippen LogP contribution in [0.25, 0.3) is 0 Å². The van der Waals surface area contributed by atoms with Crippen molar-refractivity contribution in [1.29, 1.82) is 0 Å². The summed E-state index contributed by atoms with van der Waals surface area (Å²) in [5.41, 5.74) is 0. The summed E-state index contributed by atoms with van der Waals surface area (Å²) in [7, 11) is 0. The minimum absolute atomic E-state index is 0.217. The zero-order chi connectivity index (χ0) is 6.85. The molecule has 0 aromatic heterocycles. The van der Waals surface area contributed by atoms with Gasteiger partial charge in [0, 0.05) is 13.0 Å². The van der Waals surface area contributed by atoms with E-state index in [1.54, 1.807) is 4.90 Å². The van der Waals surface area contributed by atoms with Gasteiger partial charge in [0.05, 0.1) is 3.70 Å². The van der Waals surface area contributed by atoms with E-state index < -0.39 is 0 Å². The van der Waals surface area contributed by atoms with Gasteiger partial charge in [-0.15, -0.1) is 0 Å². The zero-order valence-corrected chi connectivity index (χ0v) is 7.22. The smallest absolute Gasteiger partial charge is 0.227 e. The van der Waals surface area contributed by atoms with Crippen LogP contribution in [-0.4, -0.2) is 17.4 Å². The molecule has 1 rings (SSSR count). The van der Waals surface area contributed by atoms with Crippen molar-refractivity contribution in [3.63, 3.8) is 0 Å². The summed E-state index contributed by atoms with van der Waals surface area (Å²) in [5, 5.41) is 0. The summed E-state index contributed by atoms with van der Waals surface area (Å²) in [5.74, 6) is 0.217. The van der Waals surface area contributed by atoms with Crippen LogP contribution in [0, 0.1) is 0 Å². The third-order valence-electron chi connectivity index (χ3n) is 1.37. The summed E-state index contributed by atoms with van der Waals surface area (Å²) in [6.45, 7) is 4.54. The van der Waals surface area contributed by atoms with Crippen LogP contribution in [0.2, 0.25) is 0 Å². The van der Waals surface area contributed by atoms with Crippen LogP contribution < -0.4 is 0 Å². The van der Waals surface area contributed by atoms with Gasteiger partial charge in [0.2, 0.25) is 5.91 Å². The van der Waals surface area contributed by atoms with Crippen molar-refractivity contribution in [1.82, 2.24) is 4.90 Å². The predicted octanol–water partition coefficient (Wildman–Crippen LogP) is 1.51. The molecule has 1 aliphatic heterocycles. The average Bonchev–Trinajstić information content (AvgIpc) is 2.13. The lowest BCUT2D eigenvalue weighted by Crippen LogP contribution is -2.19. The number of hydrogen-bond donors (Lipinski definition) is 0. The summed E-state index contributed by atoms with van der Waals surface area (Å²) in [4.78, 5) is 12.6. The molecular formula is C6H8INO. The molecule has 3 heteroatoms. The van der Waals surface area contributed by atoms with Gasteiger partial charge in [0.15, 0.2) is 0 Å². The van der Waals surface area contributed by atoms with E-state index in [1.165, 1.54) is 0 Å². The lowest BCUT2D eigenvalue weighted by atomic mass is 10.4. The first-order valence-electron chi connectivity index (χ1n) is 2.86. The Morgan fingerprint density at radius 3 is 2.67 bits per heavy atom. The Balaban J connectivity index is 2.60. The number of nitrogens with zero attached hydrogens (tertiary/aromatic N) is 1. The standard InChI is InChI=1S/C6H8INO/c1-5(7)8-4-2-3-6(8)9/h1-4H2. The fourth-order valence-electron chi connectivity index (χ4n) is 0.905. The highest BCUT2D eigenvalue weighted by atomic mass is 127. The normalized spacial score (nSPS) is 18.8. The Morgan fingerprint density at radius 2 is 2.44 bits per heavy atom. The first kappa shape index (κ1) is 7.05. The Hall–Kier alpha value is -0.0600. The molecule has 0 radical (unpaired) electrons. The van der Waals surface area contributed by atoms with Gasteiger partial charge < -0.3 is 4.90 Å². The number of carbonyl (C=O) groups excluding carboxylic acids is 1. The van der Waals surface area contributed by atoms with Crippen molar-refractivity contribution in [2.24, 2.45) is 0 Å². The molecule has 1 fully saturated rings. The van der Waals surface area contributed by atoms with Crippen LogP contribution in [-0.2, 0) is 4.79 Å². The Bertz CT molecular complexity index is 155. The maximum atomic E-state index is 10.9. The summed E-state index contributed by atoms with van der Waals surface area (Å²) < 4.78 is 0.843. The van der Waals surface area contributed by atoms with Crippen LogP contribution in [0.15, 0.2) is 10.3 Å². The first-order valence-corrected chi connectivity index (χ1v) is 3.94. The molecule has 0 N–H and O–H groups in total. The predicted molar refractivity (Wildman–Crippen MR) is 44.1 cm³/mol. The van der Waals surface area contributed by atoms with Crippen LogP contribution in [0.5, 0.6) is 0 Å². The van der Waals surface area contributed by atoms with E-state index >= 15 is 0 Å². The summed E-state index contributed by atoms with van der Waals surface area (Å²) in [6.07, 6.45) is 1.68. The van der Waals surface area contributed by atoms with E-state index in [4.69, 9.17) is 0 Å². The highest BCUT2D eigenvalue weighted by Crippen LogP contribution is 2.18. The lowest BCUT2D eigenvalue weighted by Gasteiger charge is -2.11. The fraction of sp³-hybridized carbons (Fsp3) is 0.500. The van der Waals surface area contributed by atoms with Crippen LogP contribution in [0.1, 0.15) is 12.8 Å². The second-order valence-corrected chi connectivity index (χ2v) is 3.27. The number of hydrogen-bond acceptors (Lipinski definition) is 1. The van der Waals surface area contributed by atoms with Crippen molar-refractivity contribution in [2.75, 3.05) is 6.54 Å². The molecule has 0 aromatic carbocycles. The zero-order valence-electron chi connectivity index (χ0n) is 5.06. The second-order valence-electron chi connectivity index (χ2n) is 2.03. The molecule has 0 bridgehead atoms. The number of carbonyl (C=O) groups is 1. The second kappa shape index (κ2) is 2.68. The van der Waals surface area contributed by atoms with Gasteiger partial charge in [0.1, 0.15) is 0 Å². The molecule has 0 aliphatic carbocycles. The van der Waals surface area contributed by atoms with Crippen molar-refractivity contribution in [2.45, 2.75) is 12.8 Å². The molecule has 0 spiro atoms. The summed E-state index contributed by atoms with van der Waals surface area (Å²) in [6, 6.07) is 0. The van der Waals surface area contributed by atoms with E-state index in [1.807, 2.05) is 0 Å².